The van der Waals surface area contributed by atoms with Crippen LogP contribution in [0.4, 0.5) is 13.2 Å². The summed E-state index contributed by atoms with van der Waals surface area (Å²) in [5.41, 5.74) is 3.70. The van der Waals surface area contributed by atoms with Crippen molar-refractivity contribution in [3.63, 3.8) is 0 Å². The van der Waals surface area contributed by atoms with E-state index in [0.29, 0.717) is 25.1 Å². The highest BCUT2D eigenvalue weighted by molar-refractivity contribution is 5.37. The minimum Gasteiger partial charge on any atom is -0.303 e. The Morgan fingerprint density at radius 3 is 2.59 bits per heavy atom. The van der Waals surface area contributed by atoms with Crippen LogP contribution in [-0.2, 0) is 25.7 Å². The highest BCUT2D eigenvalue weighted by Crippen LogP contribution is 2.27. The van der Waals surface area contributed by atoms with Crippen molar-refractivity contribution >= 4 is 0 Å². The number of halogens is 3. The van der Waals surface area contributed by atoms with Crippen LogP contribution in [0.1, 0.15) is 34.0 Å². The number of nitrogens with one attached hydrogen (secondary N) is 1. The van der Waals surface area contributed by atoms with Gasteiger partial charge in [-0.15, -0.1) is 0 Å². The van der Waals surface area contributed by atoms with Crippen LogP contribution in [0, 0.1) is 13.8 Å². The molecule has 0 atom stereocenters. The van der Waals surface area contributed by atoms with Crippen molar-refractivity contribution in [3.05, 3.63) is 74.7 Å². The Morgan fingerprint density at radius 1 is 1.17 bits per heavy atom. The fourth-order valence-corrected chi connectivity index (χ4v) is 3.70. The molecule has 0 unspecified atom stereocenters. The fourth-order valence-electron chi connectivity index (χ4n) is 3.70. The maximum absolute atomic E-state index is 12.9. The lowest BCUT2D eigenvalue weighted by atomic mass is 10.1. The van der Waals surface area contributed by atoms with Crippen molar-refractivity contribution < 1.29 is 13.2 Å². The molecule has 0 amide bonds. The van der Waals surface area contributed by atoms with Gasteiger partial charge in [-0.3, -0.25) is 9.69 Å². The van der Waals surface area contributed by atoms with Gasteiger partial charge in [0.15, 0.2) is 0 Å². The summed E-state index contributed by atoms with van der Waals surface area (Å²) >= 11 is 0. The molecular weight excluding hydrogens is 383 g/mol. The number of rotatable bonds is 3. The molecule has 0 radical (unpaired) electrons. The Morgan fingerprint density at radius 2 is 1.90 bits per heavy atom. The summed E-state index contributed by atoms with van der Waals surface area (Å²) in [6.07, 6.45) is -4.36. The zero-order chi connectivity index (χ0) is 20.8. The highest BCUT2D eigenvalue weighted by Gasteiger charge is 2.36. The molecule has 6 nitrogen and oxygen atoms in total. The van der Waals surface area contributed by atoms with Crippen LogP contribution in [0.3, 0.4) is 0 Å². The molecule has 1 aromatic carbocycles. The average Bonchev–Trinajstić information content (AvgIpc) is 2.96. The third kappa shape index (κ3) is 3.69. The first-order valence-electron chi connectivity index (χ1n) is 9.26. The molecule has 3 heterocycles. The monoisotopic (exact) mass is 403 g/mol. The van der Waals surface area contributed by atoms with Crippen LogP contribution in [0.25, 0.3) is 5.69 Å². The predicted octanol–water partition coefficient (Wildman–Crippen LogP) is 3.15. The van der Waals surface area contributed by atoms with E-state index in [9.17, 15) is 18.0 Å². The molecule has 0 aliphatic carbocycles. The van der Waals surface area contributed by atoms with Gasteiger partial charge < -0.3 is 4.98 Å². The molecule has 0 spiro atoms. The molecule has 0 bridgehead atoms. The van der Waals surface area contributed by atoms with E-state index in [-0.39, 0.29) is 12.2 Å². The second-order valence-electron chi connectivity index (χ2n) is 7.19. The normalized spacial score (nSPS) is 14.8. The van der Waals surface area contributed by atoms with E-state index in [1.165, 1.54) is 0 Å². The van der Waals surface area contributed by atoms with Gasteiger partial charge in [0.05, 0.1) is 22.6 Å². The SMILES string of the molecule is Cc1nn(-c2ccccc2)c(C)c1CN1CCc2nc(C(F)(F)F)[nH]c(=O)c2C1. The number of benzene rings is 1. The highest BCUT2D eigenvalue weighted by atomic mass is 19.4. The molecule has 0 fully saturated rings. The Balaban J connectivity index is 1.59. The molecule has 29 heavy (non-hydrogen) atoms. The first-order chi connectivity index (χ1) is 13.7. The number of aromatic amines is 1. The van der Waals surface area contributed by atoms with Crippen molar-refractivity contribution in [2.24, 2.45) is 0 Å². The van der Waals surface area contributed by atoms with Gasteiger partial charge in [0.2, 0.25) is 5.82 Å². The lowest BCUT2D eigenvalue weighted by molar-refractivity contribution is -0.145. The number of H-pyrrole nitrogens is 1. The summed E-state index contributed by atoms with van der Waals surface area (Å²) in [5, 5.41) is 4.63. The maximum Gasteiger partial charge on any atom is 0.449 e. The van der Waals surface area contributed by atoms with Crippen LogP contribution in [0.15, 0.2) is 35.1 Å². The van der Waals surface area contributed by atoms with Gasteiger partial charge in [-0.1, -0.05) is 18.2 Å². The quantitative estimate of drug-likeness (QED) is 0.730. The minimum atomic E-state index is -4.66. The molecule has 1 aliphatic heterocycles. The second-order valence-corrected chi connectivity index (χ2v) is 7.19. The lowest BCUT2D eigenvalue weighted by Crippen LogP contribution is -2.36. The van der Waals surface area contributed by atoms with E-state index in [1.807, 2.05) is 58.7 Å². The molecule has 0 saturated heterocycles. The summed E-state index contributed by atoms with van der Waals surface area (Å²) in [6, 6.07) is 9.79. The Bertz CT molecular complexity index is 1100. The van der Waals surface area contributed by atoms with E-state index in [4.69, 9.17) is 0 Å². The zero-order valence-electron chi connectivity index (χ0n) is 16.0. The van der Waals surface area contributed by atoms with Crippen LogP contribution >= 0.6 is 0 Å². The molecular formula is C20H20F3N5O. The molecule has 2 aromatic heterocycles. The molecule has 0 saturated carbocycles. The average molecular weight is 403 g/mol. The minimum absolute atomic E-state index is 0.228. The predicted molar refractivity (Wildman–Crippen MR) is 101 cm³/mol. The van der Waals surface area contributed by atoms with E-state index >= 15 is 0 Å². The smallest absolute Gasteiger partial charge is 0.303 e. The number of alkyl halides is 3. The maximum atomic E-state index is 12.9. The number of aryl methyl sites for hydroxylation is 1. The van der Waals surface area contributed by atoms with Crippen molar-refractivity contribution in [3.8, 4) is 5.69 Å². The summed E-state index contributed by atoms with van der Waals surface area (Å²) in [4.78, 5) is 19.8. The van der Waals surface area contributed by atoms with Gasteiger partial charge >= 0.3 is 6.18 Å². The third-order valence-corrected chi connectivity index (χ3v) is 5.24. The topological polar surface area (TPSA) is 66.8 Å². The number of hydrogen-bond donors (Lipinski definition) is 1. The molecule has 4 rings (SSSR count). The van der Waals surface area contributed by atoms with E-state index in [2.05, 4.69) is 10.1 Å². The van der Waals surface area contributed by atoms with Crippen molar-refractivity contribution in [2.75, 3.05) is 6.54 Å². The standard InChI is InChI=1S/C20H20F3N5O/c1-12-15(13(2)28(26-12)14-6-4-3-5-7-14)10-27-9-8-17-16(11-27)18(29)25-19(24-17)20(21,22)23/h3-7H,8-11H2,1-2H3,(H,24,25,29). The summed E-state index contributed by atoms with van der Waals surface area (Å²) in [6.45, 7) is 5.26. The Labute approximate surface area is 165 Å². The van der Waals surface area contributed by atoms with Gasteiger partial charge in [-0.25, -0.2) is 9.67 Å². The van der Waals surface area contributed by atoms with Crippen LogP contribution in [0.5, 0.6) is 0 Å². The summed E-state index contributed by atoms with van der Waals surface area (Å²) in [7, 11) is 0. The summed E-state index contributed by atoms with van der Waals surface area (Å²) < 4.78 is 40.5. The van der Waals surface area contributed by atoms with Gasteiger partial charge in [-0.2, -0.15) is 18.3 Å². The van der Waals surface area contributed by atoms with Gasteiger partial charge in [0.1, 0.15) is 0 Å². The van der Waals surface area contributed by atoms with Gasteiger partial charge in [0, 0.05) is 37.3 Å². The third-order valence-electron chi connectivity index (χ3n) is 5.24. The van der Waals surface area contributed by atoms with E-state index < -0.39 is 17.6 Å². The number of fused-ring (bicyclic) bond motifs is 1. The fraction of sp³-hybridized carbons (Fsp3) is 0.350. The lowest BCUT2D eigenvalue weighted by Gasteiger charge is -2.28. The number of hydrogen-bond acceptors (Lipinski definition) is 4. The zero-order valence-corrected chi connectivity index (χ0v) is 16.0. The largest absolute Gasteiger partial charge is 0.449 e. The second kappa shape index (κ2) is 7.14. The molecule has 152 valence electrons. The molecule has 3 aromatic rings. The summed E-state index contributed by atoms with van der Waals surface area (Å²) in [5.74, 6) is -1.23. The molecule has 1 aliphatic rings. The number of para-hydroxylation sites is 1. The van der Waals surface area contributed by atoms with Crippen LogP contribution in [0.2, 0.25) is 0 Å². The molecule has 1 N–H and O–H groups in total. The van der Waals surface area contributed by atoms with Crippen LogP contribution < -0.4 is 5.56 Å². The molecule has 9 heteroatoms. The first kappa shape index (κ1) is 19.4. The van der Waals surface area contributed by atoms with Crippen LogP contribution in [-0.4, -0.2) is 31.2 Å². The number of aromatic nitrogens is 4. The van der Waals surface area contributed by atoms with Gasteiger partial charge in [0.25, 0.3) is 5.56 Å². The van der Waals surface area contributed by atoms with Crippen molar-refractivity contribution in [1.29, 1.82) is 0 Å². The van der Waals surface area contributed by atoms with Crippen molar-refractivity contribution in [2.45, 2.75) is 39.5 Å². The Kier molecular flexibility index (Phi) is 4.77. The number of nitrogens with zero attached hydrogens (tertiary/aromatic N) is 4. The van der Waals surface area contributed by atoms with Gasteiger partial charge in [-0.05, 0) is 26.0 Å². The van der Waals surface area contributed by atoms with E-state index in [1.54, 1.807) is 0 Å². The van der Waals surface area contributed by atoms with E-state index in [0.717, 1.165) is 22.6 Å². The van der Waals surface area contributed by atoms with Crippen molar-refractivity contribution in [1.82, 2.24) is 24.6 Å². The Hall–Kier alpha value is -2.94. The first-order valence-corrected chi connectivity index (χ1v) is 9.26.